The van der Waals surface area contributed by atoms with E-state index in [4.69, 9.17) is 0 Å². The van der Waals surface area contributed by atoms with E-state index in [0.717, 1.165) is 23.4 Å². The van der Waals surface area contributed by atoms with Gasteiger partial charge in [-0.25, -0.2) is 0 Å². The number of hydrogen-bond acceptors (Lipinski definition) is 3. The van der Waals surface area contributed by atoms with Gasteiger partial charge in [0.25, 0.3) is 0 Å². The summed E-state index contributed by atoms with van der Waals surface area (Å²) < 4.78 is 0. The Hall–Kier alpha value is -2.33. The SMILES string of the molecule is CC(C)(C)c1ccc(CC(C)(C)c2ccc3c(c2)CC(=O)N3)c2c1NC(O)C2. The number of anilines is 2. The van der Waals surface area contributed by atoms with E-state index in [1.165, 1.54) is 22.3 Å². The predicted octanol–water partition coefficient (Wildman–Crippen LogP) is 4.29. The summed E-state index contributed by atoms with van der Waals surface area (Å²) in [5.41, 5.74) is 8.09. The van der Waals surface area contributed by atoms with Crippen LogP contribution >= 0.6 is 0 Å². The fourth-order valence-electron chi connectivity index (χ4n) is 4.52. The van der Waals surface area contributed by atoms with Gasteiger partial charge in [0.05, 0.1) is 6.42 Å². The molecule has 3 N–H and O–H groups in total. The van der Waals surface area contributed by atoms with Crippen molar-refractivity contribution in [2.24, 2.45) is 0 Å². The molecule has 1 unspecified atom stereocenters. The highest BCUT2D eigenvalue weighted by molar-refractivity contribution is 5.99. The van der Waals surface area contributed by atoms with E-state index in [-0.39, 0.29) is 16.7 Å². The minimum absolute atomic E-state index is 0.0225. The zero-order chi connectivity index (χ0) is 20.3. The molecule has 0 spiro atoms. The van der Waals surface area contributed by atoms with Crippen LogP contribution in [0.3, 0.4) is 0 Å². The van der Waals surface area contributed by atoms with E-state index in [9.17, 15) is 9.90 Å². The molecule has 0 bridgehead atoms. The molecule has 0 aromatic heterocycles. The summed E-state index contributed by atoms with van der Waals surface area (Å²) in [6.45, 7) is 11.1. The molecule has 148 valence electrons. The van der Waals surface area contributed by atoms with Crippen LogP contribution in [0.5, 0.6) is 0 Å². The first-order valence-corrected chi connectivity index (χ1v) is 10.1. The van der Waals surface area contributed by atoms with Gasteiger partial charge in [-0.1, -0.05) is 58.9 Å². The zero-order valence-electron chi connectivity index (χ0n) is 17.4. The van der Waals surface area contributed by atoms with Crippen LogP contribution in [-0.2, 0) is 34.9 Å². The van der Waals surface area contributed by atoms with Crippen LogP contribution < -0.4 is 10.6 Å². The van der Waals surface area contributed by atoms with E-state index in [2.05, 4.69) is 69.5 Å². The number of aliphatic hydroxyl groups is 1. The molecule has 2 aromatic carbocycles. The maximum Gasteiger partial charge on any atom is 0.228 e. The average molecular weight is 379 g/mol. The fraction of sp³-hybridized carbons (Fsp3) is 0.458. The van der Waals surface area contributed by atoms with Crippen LogP contribution in [0.15, 0.2) is 30.3 Å². The summed E-state index contributed by atoms with van der Waals surface area (Å²) in [6, 6.07) is 10.8. The molecule has 0 fully saturated rings. The monoisotopic (exact) mass is 378 g/mol. The third kappa shape index (κ3) is 3.30. The molecule has 0 saturated carbocycles. The third-order valence-electron chi connectivity index (χ3n) is 6.07. The highest BCUT2D eigenvalue weighted by Gasteiger charge is 2.31. The molecule has 2 aromatic rings. The van der Waals surface area contributed by atoms with Crippen LogP contribution in [0.25, 0.3) is 0 Å². The second-order valence-corrected chi connectivity index (χ2v) is 9.90. The van der Waals surface area contributed by atoms with E-state index in [1.54, 1.807) is 0 Å². The molecule has 2 aliphatic rings. The molecular weight excluding hydrogens is 348 g/mol. The number of benzene rings is 2. The molecule has 2 aliphatic heterocycles. The van der Waals surface area contributed by atoms with Crippen LogP contribution in [0, 0.1) is 0 Å². The summed E-state index contributed by atoms with van der Waals surface area (Å²) in [5.74, 6) is 0.0700. The van der Waals surface area contributed by atoms with Gasteiger partial charge in [0, 0.05) is 17.8 Å². The number of rotatable bonds is 3. The number of aliphatic hydroxyl groups excluding tert-OH is 1. The van der Waals surface area contributed by atoms with Gasteiger partial charge in [0.15, 0.2) is 0 Å². The lowest BCUT2D eigenvalue weighted by atomic mass is 9.76. The van der Waals surface area contributed by atoms with E-state index in [1.807, 2.05) is 6.07 Å². The average Bonchev–Trinajstić information content (AvgIpc) is 3.14. The maximum absolute atomic E-state index is 11.7. The Kier molecular flexibility index (Phi) is 4.31. The molecule has 1 amide bonds. The molecule has 4 heteroatoms. The summed E-state index contributed by atoms with van der Waals surface area (Å²) in [6.07, 6.45) is 1.48. The van der Waals surface area contributed by atoms with Crippen molar-refractivity contribution in [3.05, 3.63) is 58.1 Å². The summed E-state index contributed by atoms with van der Waals surface area (Å²) in [5, 5.41) is 16.5. The second kappa shape index (κ2) is 6.35. The van der Waals surface area contributed by atoms with Crippen molar-refractivity contribution < 1.29 is 9.90 Å². The first-order valence-electron chi connectivity index (χ1n) is 10.1. The van der Waals surface area contributed by atoms with Crippen molar-refractivity contribution >= 4 is 17.3 Å². The normalized spacial score (nSPS) is 18.5. The van der Waals surface area contributed by atoms with Crippen molar-refractivity contribution in [1.29, 1.82) is 0 Å². The minimum atomic E-state index is -0.516. The molecular formula is C24H30N2O2. The van der Waals surface area contributed by atoms with Crippen molar-refractivity contribution in [2.75, 3.05) is 10.6 Å². The van der Waals surface area contributed by atoms with Gasteiger partial charge in [-0.3, -0.25) is 4.79 Å². The maximum atomic E-state index is 11.7. The second-order valence-electron chi connectivity index (χ2n) is 9.90. The number of hydrogen-bond donors (Lipinski definition) is 3. The highest BCUT2D eigenvalue weighted by Crippen LogP contribution is 2.41. The number of fused-ring (bicyclic) bond motifs is 2. The fourth-order valence-corrected chi connectivity index (χ4v) is 4.52. The summed E-state index contributed by atoms with van der Waals surface area (Å²) >= 11 is 0. The van der Waals surface area contributed by atoms with Crippen LogP contribution in [-0.4, -0.2) is 17.2 Å². The number of nitrogens with one attached hydrogen (secondary N) is 2. The van der Waals surface area contributed by atoms with Crippen LogP contribution in [0.4, 0.5) is 11.4 Å². The Morgan fingerprint density at radius 1 is 1.11 bits per heavy atom. The minimum Gasteiger partial charge on any atom is -0.373 e. The van der Waals surface area contributed by atoms with Gasteiger partial charge in [-0.15, -0.1) is 0 Å². The van der Waals surface area contributed by atoms with Gasteiger partial charge < -0.3 is 15.7 Å². The number of amides is 1. The molecule has 4 nitrogen and oxygen atoms in total. The summed E-state index contributed by atoms with van der Waals surface area (Å²) in [4.78, 5) is 11.7. The van der Waals surface area contributed by atoms with Gasteiger partial charge in [0.2, 0.25) is 5.91 Å². The highest BCUT2D eigenvalue weighted by atomic mass is 16.3. The van der Waals surface area contributed by atoms with Crippen molar-refractivity contribution in [3.63, 3.8) is 0 Å². The molecule has 4 rings (SSSR count). The zero-order valence-corrected chi connectivity index (χ0v) is 17.4. The quantitative estimate of drug-likeness (QED) is 0.747. The van der Waals surface area contributed by atoms with Crippen LogP contribution in [0.2, 0.25) is 0 Å². The summed E-state index contributed by atoms with van der Waals surface area (Å²) in [7, 11) is 0. The Bertz CT molecular complexity index is 954. The van der Waals surface area contributed by atoms with Gasteiger partial charge >= 0.3 is 0 Å². The molecule has 1 atom stereocenters. The Labute approximate surface area is 167 Å². The van der Waals surface area contributed by atoms with E-state index < -0.39 is 6.23 Å². The lowest BCUT2D eigenvalue weighted by Crippen LogP contribution is -2.22. The van der Waals surface area contributed by atoms with E-state index >= 15 is 0 Å². The van der Waals surface area contributed by atoms with Gasteiger partial charge in [-0.05, 0) is 51.1 Å². The number of carbonyl (C=O) groups is 1. The first-order chi connectivity index (χ1) is 13.0. The third-order valence-corrected chi connectivity index (χ3v) is 6.07. The Balaban J connectivity index is 1.69. The molecule has 28 heavy (non-hydrogen) atoms. The molecule has 2 heterocycles. The van der Waals surface area contributed by atoms with E-state index in [0.29, 0.717) is 12.8 Å². The lowest BCUT2D eigenvalue weighted by molar-refractivity contribution is -0.115. The van der Waals surface area contributed by atoms with Gasteiger partial charge in [0.1, 0.15) is 6.23 Å². The Morgan fingerprint density at radius 3 is 2.57 bits per heavy atom. The largest absolute Gasteiger partial charge is 0.373 e. The molecule has 0 aliphatic carbocycles. The lowest BCUT2D eigenvalue weighted by Gasteiger charge is -2.29. The molecule has 0 radical (unpaired) electrons. The Morgan fingerprint density at radius 2 is 1.86 bits per heavy atom. The topological polar surface area (TPSA) is 61.4 Å². The number of carbonyl (C=O) groups excluding carboxylic acids is 1. The van der Waals surface area contributed by atoms with Crippen LogP contribution in [0.1, 0.15) is 62.4 Å². The smallest absolute Gasteiger partial charge is 0.228 e. The predicted molar refractivity (Wildman–Crippen MR) is 114 cm³/mol. The van der Waals surface area contributed by atoms with Crippen molar-refractivity contribution in [3.8, 4) is 0 Å². The first kappa shape index (κ1) is 19.0. The van der Waals surface area contributed by atoms with Crippen molar-refractivity contribution in [2.45, 2.75) is 70.9 Å². The standard InChI is InChI=1S/C24H30N2O2/c1-23(2,3)18-8-6-14(17-12-21(28)26-22(17)18)13-24(4,5)16-7-9-19-15(10-16)11-20(27)25-19/h6-10,21,26,28H,11-13H2,1-5H3,(H,25,27). The molecule has 0 saturated heterocycles. The van der Waals surface area contributed by atoms with Crippen molar-refractivity contribution in [1.82, 2.24) is 0 Å². The van der Waals surface area contributed by atoms with Gasteiger partial charge in [-0.2, -0.15) is 0 Å².